The third-order valence-corrected chi connectivity index (χ3v) is 2.50. The summed E-state index contributed by atoms with van der Waals surface area (Å²) in [5, 5.41) is 7.66. The number of nitrogens with one attached hydrogen (secondary N) is 1. The standard InChI is InChI=1S/C8H7BrFNS/c1-12-8(11)6-4-5(9)2-3-7(6)10/h2-4,11H,1H3. The van der Waals surface area contributed by atoms with Crippen molar-refractivity contribution < 1.29 is 4.39 Å². The van der Waals surface area contributed by atoms with Crippen molar-refractivity contribution in [3.05, 3.63) is 34.1 Å². The highest BCUT2D eigenvalue weighted by atomic mass is 79.9. The number of thioether (sulfide) groups is 1. The lowest BCUT2D eigenvalue weighted by molar-refractivity contribution is 0.625. The summed E-state index contributed by atoms with van der Waals surface area (Å²) in [6.07, 6.45) is 1.75. The molecule has 12 heavy (non-hydrogen) atoms. The zero-order valence-corrected chi connectivity index (χ0v) is 8.80. The maximum atomic E-state index is 13.0. The summed E-state index contributed by atoms with van der Waals surface area (Å²) < 4.78 is 13.8. The third-order valence-electron chi connectivity index (χ3n) is 1.38. The highest BCUT2D eigenvalue weighted by molar-refractivity contribution is 9.10. The van der Waals surface area contributed by atoms with Crippen LogP contribution in [0.4, 0.5) is 4.39 Å². The highest BCUT2D eigenvalue weighted by Crippen LogP contribution is 2.18. The predicted molar refractivity (Wildman–Crippen MR) is 54.4 cm³/mol. The third kappa shape index (κ3) is 2.08. The van der Waals surface area contributed by atoms with Crippen molar-refractivity contribution in [3.63, 3.8) is 0 Å². The fraction of sp³-hybridized carbons (Fsp3) is 0.125. The Morgan fingerprint density at radius 2 is 2.25 bits per heavy atom. The van der Waals surface area contributed by atoms with Crippen LogP contribution in [0.2, 0.25) is 0 Å². The minimum atomic E-state index is -0.349. The number of hydrogen-bond donors (Lipinski definition) is 1. The molecule has 0 spiro atoms. The van der Waals surface area contributed by atoms with Crippen molar-refractivity contribution in [2.24, 2.45) is 0 Å². The molecule has 1 rings (SSSR count). The number of rotatable bonds is 1. The van der Waals surface area contributed by atoms with Gasteiger partial charge in [0.05, 0.1) is 5.04 Å². The van der Waals surface area contributed by atoms with Gasteiger partial charge in [-0.25, -0.2) is 4.39 Å². The van der Waals surface area contributed by atoms with Crippen molar-refractivity contribution in [2.75, 3.05) is 6.26 Å². The van der Waals surface area contributed by atoms with Gasteiger partial charge in [-0.15, -0.1) is 11.8 Å². The Morgan fingerprint density at radius 1 is 1.58 bits per heavy atom. The van der Waals surface area contributed by atoms with E-state index in [-0.39, 0.29) is 10.9 Å². The van der Waals surface area contributed by atoms with Crippen LogP contribution in [0.3, 0.4) is 0 Å². The molecule has 0 aromatic heterocycles. The van der Waals surface area contributed by atoms with Gasteiger partial charge in [-0.2, -0.15) is 0 Å². The minimum absolute atomic E-state index is 0.244. The number of benzene rings is 1. The quantitative estimate of drug-likeness (QED) is 0.598. The van der Waals surface area contributed by atoms with Crippen molar-refractivity contribution in [3.8, 4) is 0 Å². The zero-order valence-electron chi connectivity index (χ0n) is 6.40. The van der Waals surface area contributed by atoms with E-state index < -0.39 is 0 Å². The Balaban J connectivity index is 3.13. The first-order valence-electron chi connectivity index (χ1n) is 3.23. The van der Waals surface area contributed by atoms with Gasteiger partial charge in [-0.3, -0.25) is 5.41 Å². The molecule has 64 valence electrons. The summed E-state index contributed by atoms with van der Waals surface area (Å²) in [5.74, 6) is -0.349. The first kappa shape index (κ1) is 9.74. The van der Waals surface area contributed by atoms with Crippen LogP contribution in [0, 0.1) is 11.2 Å². The van der Waals surface area contributed by atoms with E-state index in [1.165, 1.54) is 17.8 Å². The van der Waals surface area contributed by atoms with Crippen molar-refractivity contribution in [1.29, 1.82) is 5.41 Å². The smallest absolute Gasteiger partial charge is 0.133 e. The maximum absolute atomic E-state index is 13.0. The van der Waals surface area contributed by atoms with Gasteiger partial charge in [0.15, 0.2) is 0 Å². The van der Waals surface area contributed by atoms with E-state index in [4.69, 9.17) is 5.41 Å². The molecule has 0 bridgehead atoms. The monoisotopic (exact) mass is 247 g/mol. The molecule has 1 N–H and O–H groups in total. The molecule has 1 nitrogen and oxygen atoms in total. The second-order valence-electron chi connectivity index (χ2n) is 2.16. The lowest BCUT2D eigenvalue weighted by Crippen LogP contribution is -1.96. The van der Waals surface area contributed by atoms with Crippen LogP contribution in [-0.4, -0.2) is 11.3 Å². The molecular weight excluding hydrogens is 241 g/mol. The van der Waals surface area contributed by atoms with Gasteiger partial charge in [0.25, 0.3) is 0 Å². The van der Waals surface area contributed by atoms with E-state index in [0.717, 1.165) is 4.47 Å². The zero-order chi connectivity index (χ0) is 9.14. The highest BCUT2D eigenvalue weighted by Gasteiger charge is 2.06. The summed E-state index contributed by atoms with van der Waals surface area (Å²) in [6, 6.07) is 4.57. The normalized spacial score (nSPS) is 9.92. The molecule has 1 aromatic carbocycles. The Bertz CT molecular complexity index is 314. The molecule has 0 fully saturated rings. The first-order valence-corrected chi connectivity index (χ1v) is 5.25. The first-order chi connectivity index (χ1) is 5.65. The molecule has 0 heterocycles. The fourth-order valence-electron chi connectivity index (χ4n) is 0.781. The Labute approximate surface area is 83.0 Å². The lowest BCUT2D eigenvalue weighted by atomic mass is 10.2. The van der Waals surface area contributed by atoms with E-state index in [9.17, 15) is 4.39 Å². The van der Waals surface area contributed by atoms with Gasteiger partial charge >= 0.3 is 0 Å². The molecule has 0 saturated carbocycles. The average Bonchev–Trinajstić information content (AvgIpc) is 2.08. The summed E-state index contributed by atoms with van der Waals surface area (Å²) in [7, 11) is 0. The summed E-state index contributed by atoms with van der Waals surface area (Å²) >= 11 is 4.44. The summed E-state index contributed by atoms with van der Waals surface area (Å²) in [4.78, 5) is 0. The Kier molecular flexibility index (Phi) is 3.29. The van der Waals surface area contributed by atoms with Crippen molar-refractivity contribution >= 4 is 32.7 Å². The van der Waals surface area contributed by atoms with E-state index >= 15 is 0 Å². The Hall–Kier alpha value is -0.350. The van der Waals surface area contributed by atoms with E-state index in [1.807, 2.05) is 0 Å². The molecule has 0 saturated heterocycles. The van der Waals surface area contributed by atoms with Crippen LogP contribution in [0.25, 0.3) is 0 Å². The molecule has 0 aliphatic heterocycles. The van der Waals surface area contributed by atoms with Crippen LogP contribution in [0.5, 0.6) is 0 Å². The molecule has 4 heteroatoms. The van der Waals surface area contributed by atoms with Crippen LogP contribution in [0.1, 0.15) is 5.56 Å². The largest absolute Gasteiger partial charge is 0.293 e. The van der Waals surface area contributed by atoms with Crippen LogP contribution in [0.15, 0.2) is 22.7 Å². The molecule has 0 amide bonds. The van der Waals surface area contributed by atoms with Crippen molar-refractivity contribution in [2.45, 2.75) is 0 Å². The van der Waals surface area contributed by atoms with Gasteiger partial charge < -0.3 is 0 Å². The SMILES string of the molecule is CSC(=N)c1cc(Br)ccc1F. The van der Waals surface area contributed by atoms with Gasteiger partial charge in [-0.1, -0.05) is 15.9 Å². The average molecular weight is 248 g/mol. The van der Waals surface area contributed by atoms with Crippen LogP contribution in [-0.2, 0) is 0 Å². The second-order valence-corrected chi connectivity index (χ2v) is 3.89. The molecule has 0 aliphatic rings. The molecule has 0 radical (unpaired) electrons. The summed E-state index contributed by atoms with van der Waals surface area (Å²) in [5.41, 5.74) is 0.344. The molecule has 0 unspecified atom stereocenters. The van der Waals surface area contributed by atoms with Gasteiger partial charge in [0.1, 0.15) is 5.82 Å². The van der Waals surface area contributed by atoms with E-state index in [2.05, 4.69) is 15.9 Å². The van der Waals surface area contributed by atoms with Crippen LogP contribution >= 0.6 is 27.7 Å². The maximum Gasteiger partial charge on any atom is 0.133 e. The fourth-order valence-corrected chi connectivity index (χ4v) is 1.52. The molecule has 0 atom stereocenters. The number of hydrogen-bond acceptors (Lipinski definition) is 2. The lowest BCUT2D eigenvalue weighted by Gasteiger charge is -2.02. The van der Waals surface area contributed by atoms with Crippen LogP contribution < -0.4 is 0 Å². The van der Waals surface area contributed by atoms with E-state index in [0.29, 0.717) is 5.56 Å². The van der Waals surface area contributed by atoms with E-state index in [1.54, 1.807) is 18.4 Å². The second kappa shape index (κ2) is 4.05. The molecule has 0 aliphatic carbocycles. The minimum Gasteiger partial charge on any atom is -0.293 e. The van der Waals surface area contributed by atoms with Gasteiger partial charge in [0, 0.05) is 10.0 Å². The van der Waals surface area contributed by atoms with Crippen molar-refractivity contribution in [1.82, 2.24) is 0 Å². The predicted octanol–water partition coefficient (Wildman–Crippen LogP) is 3.28. The van der Waals surface area contributed by atoms with Gasteiger partial charge in [0.2, 0.25) is 0 Å². The van der Waals surface area contributed by atoms with Gasteiger partial charge in [-0.05, 0) is 24.5 Å². The topological polar surface area (TPSA) is 23.9 Å². The molecule has 1 aromatic rings. The Morgan fingerprint density at radius 3 is 2.83 bits per heavy atom. The summed E-state index contributed by atoms with van der Waals surface area (Å²) in [6.45, 7) is 0. The molecular formula is C8H7BrFNS. The number of halogens is 2.